The van der Waals surface area contributed by atoms with E-state index in [1.165, 1.54) is 11.8 Å². The summed E-state index contributed by atoms with van der Waals surface area (Å²) in [4.78, 5) is 4.68. The first-order valence-electron chi connectivity index (χ1n) is 10.1. The molecule has 1 aromatic carbocycles. The first kappa shape index (κ1) is 24.7. The van der Waals surface area contributed by atoms with E-state index in [2.05, 4.69) is 27.8 Å². The molecule has 2 N–H and O–H groups in total. The Kier molecular flexibility index (Phi) is 10.1. The third-order valence-electron chi connectivity index (χ3n) is 5.00. The fourth-order valence-electron chi connectivity index (χ4n) is 3.53. The van der Waals surface area contributed by atoms with Crippen LogP contribution >= 0.6 is 24.0 Å². The third-order valence-corrected chi connectivity index (χ3v) is 6.33. The predicted octanol–water partition coefficient (Wildman–Crippen LogP) is 2.64. The molecule has 9 heteroatoms. The zero-order chi connectivity index (χ0) is 20.5. The van der Waals surface area contributed by atoms with Crippen molar-refractivity contribution in [2.45, 2.75) is 31.7 Å². The van der Waals surface area contributed by atoms with Crippen LogP contribution in [-0.2, 0) is 22.9 Å². The number of halogens is 1. The summed E-state index contributed by atoms with van der Waals surface area (Å²) in [5.41, 5.74) is 1.26. The van der Waals surface area contributed by atoms with Gasteiger partial charge in [-0.3, -0.25) is 4.99 Å². The van der Waals surface area contributed by atoms with Gasteiger partial charge in [0.1, 0.15) is 5.76 Å². The lowest BCUT2D eigenvalue weighted by Gasteiger charge is -2.21. The van der Waals surface area contributed by atoms with Crippen LogP contribution in [0, 0.1) is 0 Å². The molecule has 2 heterocycles. The number of rotatable bonds is 9. The molecule has 166 valence electrons. The fraction of sp³-hybridized carbons (Fsp3) is 0.476. The van der Waals surface area contributed by atoms with Crippen LogP contribution in [0.15, 0.2) is 58.1 Å². The second-order valence-corrected chi connectivity index (χ2v) is 9.21. The van der Waals surface area contributed by atoms with E-state index in [1.54, 1.807) is 10.6 Å². The molecule has 2 aromatic rings. The van der Waals surface area contributed by atoms with E-state index in [9.17, 15) is 8.42 Å². The number of nitrogens with zero attached hydrogens (tertiary/aromatic N) is 2. The van der Waals surface area contributed by atoms with Crippen LogP contribution in [0.3, 0.4) is 0 Å². The van der Waals surface area contributed by atoms with E-state index in [0.29, 0.717) is 25.6 Å². The highest BCUT2D eigenvalue weighted by Crippen LogP contribution is 2.20. The average molecular weight is 546 g/mol. The minimum atomic E-state index is -3.19. The Morgan fingerprint density at radius 1 is 1.13 bits per heavy atom. The predicted molar refractivity (Wildman–Crippen MR) is 131 cm³/mol. The van der Waals surface area contributed by atoms with Crippen molar-refractivity contribution in [3.8, 4) is 0 Å². The quantitative estimate of drug-likeness (QED) is 0.287. The molecule has 0 radical (unpaired) electrons. The number of benzene rings is 1. The van der Waals surface area contributed by atoms with Crippen LogP contribution in [-0.4, -0.2) is 57.2 Å². The molecule has 1 saturated heterocycles. The van der Waals surface area contributed by atoms with E-state index < -0.39 is 10.0 Å². The van der Waals surface area contributed by atoms with Gasteiger partial charge in [-0.25, -0.2) is 8.42 Å². The molecule has 0 amide bonds. The number of furan rings is 1. The van der Waals surface area contributed by atoms with E-state index >= 15 is 0 Å². The molecule has 1 aliphatic rings. The second kappa shape index (κ2) is 12.3. The summed E-state index contributed by atoms with van der Waals surface area (Å²) < 4.78 is 30.9. The van der Waals surface area contributed by atoms with Crippen molar-refractivity contribution in [2.75, 3.05) is 32.4 Å². The molecular weight excluding hydrogens is 515 g/mol. The maximum absolute atomic E-state index is 12.0. The van der Waals surface area contributed by atoms with Crippen LogP contribution in [0.5, 0.6) is 0 Å². The number of sulfonamides is 1. The number of aliphatic imine (C=N–C) groups is 1. The molecular formula is C21H31IN4O3S. The lowest BCUT2D eigenvalue weighted by molar-refractivity contribution is 0.396. The molecule has 0 spiro atoms. The molecule has 0 unspecified atom stereocenters. The molecule has 0 saturated carbocycles. The van der Waals surface area contributed by atoms with Crippen LogP contribution in [0.1, 0.15) is 24.2 Å². The SMILES string of the molecule is CS(=O)(=O)N1CCC[C@@H]1CN=C(NCCc1ccccc1)NCCc1ccco1.I. The van der Waals surface area contributed by atoms with Crippen LogP contribution < -0.4 is 10.6 Å². The van der Waals surface area contributed by atoms with Gasteiger partial charge in [0.15, 0.2) is 5.96 Å². The molecule has 1 atom stereocenters. The third kappa shape index (κ3) is 7.92. The van der Waals surface area contributed by atoms with Gasteiger partial charge in [0.05, 0.1) is 19.1 Å². The molecule has 0 aliphatic carbocycles. The van der Waals surface area contributed by atoms with Gasteiger partial charge in [-0.05, 0) is 37.0 Å². The van der Waals surface area contributed by atoms with E-state index in [-0.39, 0.29) is 30.0 Å². The Bertz CT molecular complexity index is 873. The second-order valence-electron chi connectivity index (χ2n) is 7.28. The van der Waals surface area contributed by atoms with Crippen molar-refractivity contribution in [1.29, 1.82) is 0 Å². The van der Waals surface area contributed by atoms with Crippen molar-refractivity contribution >= 4 is 40.0 Å². The minimum Gasteiger partial charge on any atom is -0.469 e. The summed E-state index contributed by atoms with van der Waals surface area (Å²) in [6.45, 7) is 2.47. The number of nitrogens with one attached hydrogen (secondary N) is 2. The van der Waals surface area contributed by atoms with Gasteiger partial charge in [0, 0.05) is 32.1 Å². The van der Waals surface area contributed by atoms with Crippen LogP contribution in [0.25, 0.3) is 0 Å². The molecule has 3 rings (SSSR count). The Morgan fingerprint density at radius 3 is 2.53 bits per heavy atom. The summed E-state index contributed by atoms with van der Waals surface area (Å²) in [5, 5.41) is 6.70. The highest BCUT2D eigenvalue weighted by Gasteiger charge is 2.31. The standard InChI is InChI=1S/C21H30N4O3S.HI/c1-29(26,27)25-15-5-9-19(25)17-24-21(23-14-12-20-10-6-16-28-20)22-13-11-18-7-3-2-4-8-18;/h2-4,6-8,10,16,19H,5,9,11-15,17H2,1H3,(H2,22,23,24);1H/t19-;/m1./s1. The molecule has 30 heavy (non-hydrogen) atoms. The van der Waals surface area contributed by atoms with E-state index in [4.69, 9.17) is 4.42 Å². The van der Waals surface area contributed by atoms with Crippen molar-refractivity contribution < 1.29 is 12.8 Å². The van der Waals surface area contributed by atoms with Crippen molar-refractivity contribution in [3.63, 3.8) is 0 Å². The maximum atomic E-state index is 12.0. The molecule has 1 aromatic heterocycles. The first-order valence-corrected chi connectivity index (χ1v) is 11.9. The minimum absolute atomic E-state index is 0. The molecule has 1 aliphatic heterocycles. The van der Waals surface area contributed by atoms with Crippen molar-refractivity contribution in [3.05, 3.63) is 60.1 Å². The number of hydrogen-bond donors (Lipinski definition) is 2. The smallest absolute Gasteiger partial charge is 0.211 e. The van der Waals surface area contributed by atoms with Crippen molar-refractivity contribution in [1.82, 2.24) is 14.9 Å². The zero-order valence-corrected chi connectivity index (χ0v) is 20.4. The maximum Gasteiger partial charge on any atom is 0.211 e. The van der Waals surface area contributed by atoms with Gasteiger partial charge < -0.3 is 15.1 Å². The Balaban J connectivity index is 0.00000320. The summed E-state index contributed by atoms with van der Waals surface area (Å²) in [7, 11) is -3.19. The number of guanidine groups is 1. The topological polar surface area (TPSA) is 86.9 Å². The highest BCUT2D eigenvalue weighted by atomic mass is 127. The number of hydrogen-bond acceptors (Lipinski definition) is 4. The van der Waals surface area contributed by atoms with Crippen LogP contribution in [0.2, 0.25) is 0 Å². The molecule has 7 nitrogen and oxygen atoms in total. The summed E-state index contributed by atoms with van der Waals surface area (Å²) >= 11 is 0. The monoisotopic (exact) mass is 546 g/mol. The van der Waals surface area contributed by atoms with Gasteiger partial charge in [0.25, 0.3) is 0 Å². The van der Waals surface area contributed by atoms with Crippen molar-refractivity contribution in [2.24, 2.45) is 4.99 Å². The zero-order valence-electron chi connectivity index (χ0n) is 17.3. The fourth-order valence-corrected chi connectivity index (χ4v) is 4.70. The first-order chi connectivity index (χ1) is 14.0. The lowest BCUT2D eigenvalue weighted by atomic mass is 10.1. The average Bonchev–Trinajstić information content (AvgIpc) is 3.38. The van der Waals surface area contributed by atoms with Crippen LogP contribution in [0.4, 0.5) is 0 Å². The van der Waals surface area contributed by atoms with E-state index in [1.807, 2.05) is 30.3 Å². The summed E-state index contributed by atoms with van der Waals surface area (Å²) in [6, 6.07) is 14.0. The largest absolute Gasteiger partial charge is 0.469 e. The van der Waals surface area contributed by atoms with Gasteiger partial charge in [0.2, 0.25) is 10.0 Å². The van der Waals surface area contributed by atoms with Gasteiger partial charge in [-0.2, -0.15) is 4.31 Å². The van der Waals surface area contributed by atoms with Gasteiger partial charge in [-0.1, -0.05) is 30.3 Å². The molecule has 1 fully saturated rings. The molecule has 0 bridgehead atoms. The lowest BCUT2D eigenvalue weighted by Crippen LogP contribution is -2.41. The highest BCUT2D eigenvalue weighted by molar-refractivity contribution is 14.0. The van der Waals surface area contributed by atoms with Gasteiger partial charge >= 0.3 is 0 Å². The van der Waals surface area contributed by atoms with Gasteiger partial charge in [-0.15, -0.1) is 24.0 Å². The van der Waals surface area contributed by atoms with E-state index in [0.717, 1.165) is 38.0 Å². The summed E-state index contributed by atoms with van der Waals surface area (Å²) in [6.07, 6.45) is 6.32. The summed E-state index contributed by atoms with van der Waals surface area (Å²) in [5.74, 6) is 1.62. The normalized spacial score (nSPS) is 17.5. The Morgan fingerprint density at radius 2 is 1.87 bits per heavy atom. The Labute approximate surface area is 196 Å². The Hall–Kier alpha value is -1.59.